The monoisotopic (exact) mass is 492 g/mol. The first kappa shape index (κ1) is 20.8. The van der Waals surface area contributed by atoms with Gasteiger partial charge in [-0.05, 0) is 29.8 Å². The molecular weight excluding hydrogens is 475 g/mol. The predicted molar refractivity (Wildman–Crippen MR) is 125 cm³/mol. The van der Waals surface area contributed by atoms with Crippen LogP contribution >= 0.6 is 34.5 Å². The summed E-state index contributed by atoms with van der Waals surface area (Å²) in [5.41, 5.74) is 2.26. The minimum atomic E-state index is -3.39. The van der Waals surface area contributed by atoms with Gasteiger partial charge in [0.05, 0.1) is 31.3 Å². The lowest BCUT2D eigenvalue weighted by atomic mass is 10.1. The molecule has 0 N–H and O–H groups in total. The van der Waals surface area contributed by atoms with Crippen molar-refractivity contribution in [1.29, 1.82) is 0 Å². The van der Waals surface area contributed by atoms with E-state index in [4.69, 9.17) is 23.2 Å². The smallest absolute Gasteiger partial charge is 0.264 e. The van der Waals surface area contributed by atoms with Gasteiger partial charge in [-0.2, -0.15) is 0 Å². The molecule has 31 heavy (non-hydrogen) atoms. The predicted octanol–water partition coefficient (Wildman–Crippen LogP) is 4.97. The fraction of sp³-hybridized carbons (Fsp3) is 0.227. The van der Waals surface area contributed by atoms with Gasteiger partial charge in [0.15, 0.2) is 9.84 Å². The molecule has 1 amide bonds. The minimum absolute atomic E-state index is 0.0638. The summed E-state index contributed by atoms with van der Waals surface area (Å²) in [4.78, 5) is 18.9. The number of rotatable bonds is 2. The normalized spacial score (nSPS) is 17.2. The summed E-state index contributed by atoms with van der Waals surface area (Å²) in [6.45, 7) is 2.40. The van der Waals surface area contributed by atoms with Gasteiger partial charge in [0, 0.05) is 36.6 Å². The molecule has 2 aliphatic rings. The van der Waals surface area contributed by atoms with Crippen LogP contribution in [0.3, 0.4) is 0 Å². The Hall–Kier alpha value is -2.06. The fourth-order valence-corrected chi connectivity index (χ4v) is 7.46. The van der Waals surface area contributed by atoms with Crippen LogP contribution in [0.1, 0.15) is 15.2 Å². The van der Waals surface area contributed by atoms with Gasteiger partial charge in [-0.3, -0.25) is 4.79 Å². The molecule has 1 aromatic heterocycles. The zero-order valence-corrected chi connectivity index (χ0v) is 19.5. The Kier molecular flexibility index (Phi) is 5.25. The van der Waals surface area contributed by atoms with Gasteiger partial charge in [-0.25, -0.2) is 8.42 Å². The molecule has 2 aromatic carbocycles. The first-order valence-electron chi connectivity index (χ1n) is 9.78. The van der Waals surface area contributed by atoms with Gasteiger partial charge >= 0.3 is 0 Å². The Morgan fingerprint density at radius 1 is 0.968 bits per heavy atom. The summed E-state index contributed by atoms with van der Waals surface area (Å²) in [7, 11) is -3.39. The number of amides is 1. The summed E-state index contributed by atoms with van der Waals surface area (Å²) in [6.07, 6.45) is 0. The molecule has 0 spiro atoms. The van der Waals surface area contributed by atoms with E-state index >= 15 is 0 Å². The van der Waals surface area contributed by atoms with E-state index in [-0.39, 0.29) is 11.7 Å². The number of halogens is 2. The molecule has 3 heterocycles. The quantitative estimate of drug-likeness (QED) is 0.506. The highest BCUT2D eigenvalue weighted by Gasteiger charge is 2.32. The van der Waals surface area contributed by atoms with Crippen molar-refractivity contribution in [2.75, 3.05) is 31.1 Å². The van der Waals surface area contributed by atoms with E-state index in [1.165, 1.54) is 11.3 Å². The Balaban J connectivity index is 1.36. The molecular formula is C22H18Cl2N2O3S2. The minimum Gasteiger partial charge on any atom is -0.367 e. The van der Waals surface area contributed by atoms with Crippen LogP contribution in [0.2, 0.25) is 10.0 Å². The zero-order valence-electron chi connectivity index (χ0n) is 16.3. The molecule has 9 heteroatoms. The second kappa shape index (κ2) is 7.81. The molecule has 0 bridgehead atoms. The molecule has 160 valence electrons. The fourth-order valence-electron chi connectivity index (χ4n) is 4.12. The topological polar surface area (TPSA) is 57.7 Å². The van der Waals surface area contributed by atoms with Crippen LogP contribution in [0.15, 0.2) is 53.4 Å². The summed E-state index contributed by atoms with van der Waals surface area (Å²) < 4.78 is 25.2. The molecule has 0 saturated carbocycles. The van der Waals surface area contributed by atoms with Crippen LogP contribution in [0, 0.1) is 0 Å². The molecule has 5 rings (SSSR count). The Morgan fingerprint density at radius 2 is 1.71 bits per heavy atom. The highest BCUT2D eigenvalue weighted by Crippen LogP contribution is 2.43. The van der Waals surface area contributed by atoms with Crippen LogP contribution in [0.25, 0.3) is 10.4 Å². The number of carbonyl (C=O) groups excluding carboxylic acids is 1. The summed E-state index contributed by atoms with van der Waals surface area (Å²) in [5.74, 6) is -0.129. The Labute approximate surface area is 194 Å². The zero-order chi connectivity index (χ0) is 21.8. The van der Waals surface area contributed by atoms with Gasteiger partial charge in [-0.15, -0.1) is 11.3 Å². The van der Waals surface area contributed by atoms with Gasteiger partial charge in [-0.1, -0.05) is 47.5 Å². The third-order valence-electron chi connectivity index (χ3n) is 5.67. The van der Waals surface area contributed by atoms with E-state index in [1.807, 2.05) is 29.2 Å². The lowest BCUT2D eigenvalue weighted by molar-refractivity contribution is 0.0751. The van der Waals surface area contributed by atoms with Gasteiger partial charge in [0.2, 0.25) is 0 Å². The Bertz CT molecular complexity index is 1300. The number of carbonyl (C=O) groups is 1. The van der Waals surface area contributed by atoms with E-state index in [1.54, 1.807) is 24.3 Å². The maximum Gasteiger partial charge on any atom is 0.264 e. The number of sulfone groups is 1. The number of hydrogen-bond donors (Lipinski definition) is 0. The lowest BCUT2D eigenvalue weighted by Gasteiger charge is -2.36. The average molecular weight is 493 g/mol. The molecule has 0 atom stereocenters. The van der Waals surface area contributed by atoms with E-state index in [0.29, 0.717) is 57.1 Å². The number of fused-ring (bicyclic) bond motifs is 3. The number of piperazine rings is 1. The van der Waals surface area contributed by atoms with Gasteiger partial charge in [0.1, 0.15) is 0 Å². The van der Waals surface area contributed by atoms with Crippen LogP contribution in [-0.2, 0) is 15.6 Å². The molecule has 1 fully saturated rings. The molecule has 0 aliphatic carbocycles. The number of benzene rings is 2. The van der Waals surface area contributed by atoms with Crippen molar-refractivity contribution in [3.63, 3.8) is 0 Å². The largest absolute Gasteiger partial charge is 0.367 e. The summed E-state index contributed by atoms with van der Waals surface area (Å²) in [5, 5.41) is 1.03. The van der Waals surface area contributed by atoms with Crippen LogP contribution < -0.4 is 4.90 Å². The van der Waals surface area contributed by atoms with Gasteiger partial charge in [0.25, 0.3) is 5.91 Å². The van der Waals surface area contributed by atoms with E-state index < -0.39 is 9.84 Å². The molecule has 3 aromatic rings. The van der Waals surface area contributed by atoms with Crippen LogP contribution in [0.5, 0.6) is 0 Å². The second-order valence-electron chi connectivity index (χ2n) is 7.57. The van der Waals surface area contributed by atoms with Crippen molar-refractivity contribution in [1.82, 2.24) is 4.90 Å². The second-order valence-corrected chi connectivity index (χ2v) is 11.4. The van der Waals surface area contributed by atoms with Crippen molar-refractivity contribution in [3.05, 3.63) is 69.0 Å². The average Bonchev–Trinajstić information content (AvgIpc) is 3.19. The molecule has 2 aliphatic heterocycles. The standard InChI is InChI=1S/C22H18Cl2N2O3S2/c23-16-5-3-6-17(20(16)24)25-8-10-26(11-9-25)22(27)18-12-14-13-31(28,29)19-7-2-1-4-15(19)21(14)30-18/h1-7,12H,8-11,13H2. The Morgan fingerprint density at radius 3 is 2.48 bits per heavy atom. The first-order valence-corrected chi connectivity index (χ1v) is 13.0. The number of nitrogens with zero attached hydrogens (tertiary/aromatic N) is 2. The number of thiophene rings is 1. The highest BCUT2D eigenvalue weighted by molar-refractivity contribution is 7.91. The maximum absolute atomic E-state index is 13.2. The molecule has 5 nitrogen and oxygen atoms in total. The summed E-state index contributed by atoms with van der Waals surface area (Å²) in [6, 6.07) is 14.3. The van der Waals surface area contributed by atoms with E-state index in [9.17, 15) is 13.2 Å². The molecule has 0 radical (unpaired) electrons. The number of hydrogen-bond acceptors (Lipinski definition) is 5. The first-order chi connectivity index (χ1) is 14.8. The summed E-state index contributed by atoms with van der Waals surface area (Å²) >= 11 is 13.8. The van der Waals surface area contributed by atoms with Crippen LogP contribution in [0.4, 0.5) is 5.69 Å². The van der Waals surface area contributed by atoms with E-state index in [2.05, 4.69) is 4.90 Å². The third-order valence-corrected chi connectivity index (χ3v) is 9.40. The highest BCUT2D eigenvalue weighted by atomic mass is 35.5. The van der Waals surface area contributed by atoms with Crippen molar-refractivity contribution in [3.8, 4) is 10.4 Å². The lowest BCUT2D eigenvalue weighted by Crippen LogP contribution is -2.48. The third kappa shape index (κ3) is 3.63. The van der Waals surface area contributed by atoms with Gasteiger partial charge < -0.3 is 9.80 Å². The SMILES string of the molecule is O=C(c1cc2c(s1)-c1ccccc1S(=O)(=O)C2)N1CCN(c2cccc(Cl)c2Cl)CC1. The van der Waals surface area contributed by atoms with Crippen molar-refractivity contribution >= 4 is 56.0 Å². The van der Waals surface area contributed by atoms with Crippen molar-refractivity contribution in [2.45, 2.75) is 10.6 Å². The van der Waals surface area contributed by atoms with E-state index in [0.717, 1.165) is 10.6 Å². The maximum atomic E-state index is 13.2. The molecule has 1 saturated heterocycles. The van der Waals surface area contributed by atoms with Crippen LogP contribution in [-0.4, -0.2) is 45.4 Å². The van der Waals surface area contributed by atoms with Crippen molar-refractivity contribution < 1.29 is 13.2 Å². The molecule has 0 unspecified atom stereocenters. The van der Waals surface area contributed by atoms with Crippen molar-refractivity contribution in [2.24, 2.45) is 0 Å². The number of anilines is 1.